The van der Waals surface area contributed by atoms with Crippen LogP contribution in [-0.4, -0.2) is 79.8 Å². The number of carbonyl (C=O) groups excluding carboxylic acids is 2. The van der Waals surface area contributed by atoms with Gasteiger partial charge in [-0.05, 0) is 43.7 Å². The number of carbonyl (C=O) groups is 2. The molecule has 1 unspecified atom stereocenters. The van der Waals surface area contributed by atoms with E-state index in [0.717, 1.165) is 28.0 Å². The number of aromatic nitrogens is 3. The number of ether oxygens (including phenoxy) is 1. The molecule has 4 aromatic rings. The molecule has 222 valence electrons. The first-order valence-electron chi connectivity index (χ1n) is 14.0. The molecule has 43 heavy (non-hydrogen) atoms. The van der Waals surface area contributed by atoms with Gasteiger partial charge >= 0.3 is 0 Å². The zero-order chi connectivity index (χ0) is 30.3. The van der Waals surface area contributed by atoms with Crippen molar-refractivity contribution in [1.82, 2.24) is 24.6 Å². The molecular weight excluding hydrogens is 568 g/mol. The van der Waals surface area contributed by atoms with Crippen LogP contribution < -0.4 is 4.74 Å². The number of amides is 2. The largest absolute Gasteiger partial charge is 0.497 e. The van der Waals surface area contributed by atoms with Crippen molar-refractivity contribution in [2.75, 3.05) is 32.5 Å². The summed E-state index contributed by atoms with van der Waals surface area (Å²) < 4.78 is 7.33. The molecule has 0 radical (unpaired) electrons. The Kier molecular flexibility index (Phi) is 9.35. The van der Waals surface area contributed by atoms with E-state index in [0.29, 0.717) is 38.2 Å². The van der Waals surface area contributed by atoms with Crippen LogP contribution >= 0.6 is 11.8 Å². The van der Waals surface area contributed by atoms with Crippen LogP contribution in [0.2, 0.25) is 0 Å². The molecule has 5 rings (SSSR count). The first-order chi connectivity index (χ1) is 20.9. The minimum absolute atomic E-state index is 0.0384. The first-order valence-corrected chi connectivity index (χ1v) is 15.0. The molecule has 2 heterocycles. The van der Waals surface area contributed by atoms with Crippen LogP contribution in [0.3, 0.4) is 0 Å². The molecular formula is C31H32N6O5S. The number of piperazine rings is 1. The lowest BCUT2D eigenvalue weighted by molar-refractivity contribution is -0.384. The molecule has 0 saturated carbocycles. The topological polar surface area (TPSA) is 124 Å². The summed E-state index contributed by atoms with van der Waals surface area (Å²) in [5.74, 6) is 1.94. The molecule has 12 heteroatoms. The summed E-state index contributed by atoms with van der Waals surface area (Å²) in [6.07, 6.45) is 1.03. The van der Waals surface area contributed by atoms with Gasteiger partial charge in [0.2, 0.25) is 5.91 Å². The van der Waals surface area contributed by atoms with Crippen LogP contribution in [-0.2, 0) is 4.79 Å². The SMILES string of the molecule is COc1ccc(-n2c(SCCCC(=O)N3CCN(C(=O)c4cccc([N+](=O)[O-])c4)C(C)C3)nnc2-c2ccccc2)cc1. The van der Waals surface area contributed by atoms with Crippen molar-refractivity contribution in [3.63, 3.8) is 0 Å². The maximum Gasteiger partial charge on any atom is 0.270 e. The van der Waals surface area contributed by atoms with Crippen LogP contribution in [0.15, 0.2) is 84.0 Å². The molecule has 1 saturated heterocycles. The van der Waals surface area contributed by atoms with Gasteiger partial charge in [0, 0.05) is 66.8 Å². The molecule has 1 aliphatic rings. The summed E-state index contributed by atoms with van der Waals surface area (Å²) >= 11 is 1.55. The van der Waals surface area contributed by atoms with E-state index >= 15 is 0 Å². The standard InChI is InChI=1S/C31H32N6O5S/c1-22-21-34(17-18-35(22)30(39)24-10-6-11-26(20-24)37(40)41)28(38)12-7-19-43-31-33-32-29(23-8-4-3-5-9-23)36(31)25-13-15-27(42-2)16-14-25/h3-6,8-11,13-16,20,22H,7,12,17-19,21H2,1-2H3. The lowest BCUT2D eigenvalue weighted by Gasteiger charge is -2.40. The third-order valence-corrected chi connectivity index (χ3v) is 8.32. The van der Waals surface area contributed by atoms with E-state index in [-0.39, 0.29) is 29.1 Å². The third-order valence-electron chi connectivity index (χ3n) is 7.31. The second-order valence-corrected chi connectivity index (χ2v) is 11.2. The van der Waals surface area contributed by atoms with E-state index in [4.69, 9.17) is 4.74 Å². The molecule has 1 aromatic heterocycles. The van der Waals surface area contributed by atoms with Gasteiger partial charge in [0.1, 0.15) is 5.75 Å². The predicted octanol–water partition coefficient (Wildman–Crippen LogP) is 5.10. The third kappa shape index (κ3) is 6.86. The number of benzene rings is 3. The Bertz CT molecular complexity index is 1590. The molecule has 3 aromatic carbocycles. The van der Waals surface area contributed by atoms with Gasteiger partial charge in [-0.1, -0.05) is 48.2 Å². The average molecular weight is 601 g/mol. The van der Waals surface area contributed by atoms with E-state index in [9.17, 15) is 19.7 Å². The first kappa shape index (κ1) is 29.8. The van der Waals surface area contributed by atoms with Gasteiger partial charge in [-0.3, -0.25) is 24.3 Å². The summed E-state index contributed by atoms with van der Waals surface area (Å²) in [6.45, 7) is 3.10. The summed E-state index contributed by atoms with van der Waals surface area (Å²) in [4.78, 5) is 40.2. The molecule has 11 nitrogen and oxygen atoms in total. The fraction of sp³-hybridized carbons (Fsp3) is 0.290. The van der Waals surface area contributed by atoms with E-state index < -0.39 is 4.92 Å². The molecule has 0 N–H and O–H groups in total. The number of nitro benzene ring substituents is 1. The number of non-ortho nitro benzene ring substituents is 1. The Morgan fingerprint density at radius 1 is 1.02 bits per heavy atom. The van der Waals surface area contributed by atoms with Gasteiger partial charge in [-0.15, -0.1) is 10.2 Å². The van der Waals surface area contributed by atoms with E-state index in [1.165, 1.54) is 18.2 Å². The number of nitro groups is 1. The Morgan fingerprint density at radius 3 is 2.49 bits per heavy atom. The van der Waals surface area contributed by atoms with Crippen LogP contribution in [0.4, 0.5) is 5.69 Å². The second-order valence-electron chi connectivity index (χ2n) is 10.2. The minimum atomic E-state index is -0.514. The highest BCUT2D eigenvalue weighted by Gasteiger charge is 2.30. The van der Waals surface area contributed by atoms with Gasteiger partial charge in [0.05, 0.1) is 12.0 Å². The second kappa shape index (κ2) is 13.5. The molecule has 0 spiro atoms. The van der Waals surface area contributed by atoms with Crippen molar-refractivity contribution in [2.24, 2.45) is 0 Å². The fourth-order valence-electron chi connectivity index (χ4n) is 5.05. The van der Waals surface area contributed by atoms with Crippen LogP contribution in [0.5, 0.6) is 5.75 Å². The number of hydrogen-bond acceptors (Lipinski definition) is 8. The van der Waals surface area contributed by atoms with Crippen molar-refractivity contribution in [2.45, 2.75) is 31.0 Å². The maximum atomic E-state index is 13.1. The molecule has 0 aliphatic carbocycles. The lowest BCUT2D eigenvalue weighted by atomic mass is 10.1. The van der Waals surface area contributed by atoms with Crippen LogP contribution in [0, 0.1) is 10.1 Å². The van der Waals surface area contributed by atoms with E-state index in [1.807, 2.05) is 66.1 Å². The van der Waals surface area contributed by atoms with E-state index in [2.05, 4.69) is 10.2 Å². The zero-order valence-electron chi connectivity index (χ0n) is 24.0. The molecule has 0 bridgehead atoms. The Labute approximate surface area is 253 Å². The lowest BCUT2D eigenvalue weighted by Crippen LogP contribution is -2.55. The zero-order valence-corrected chi connectivity index (χ0v) is 24.8. The Balaban J connectivity index is 1.17. The van der Waals surface area contributed by atoms with Gasteiger partial charge in [0.15, 0.2) is 11.0 Å². The Morgan fingerprint density at radius 2 is 1.79 bits per heavy atom. The van der Waals surface area contributed by atoms with Gasteiger partial charge in [0.25, 0.3) is 11.6 Å². The summed E-state index contributed by atoms with van der Waals surface area (Å²) in [5.41, 5.74) is 2.01. The number of methoxy groups -OCH3 is 1. The summed E-state index contributed by atoms with van der Waals surface area (Å²) in [7, 11) is 1.63. The number of nitrogens with zero attached hydrogens (tertiary/aromatic N) is 6. The molecule has 1 atom stereocenters. The predicted molar refractivity (Wildman–Crippen MR) is 163 cm³/mol. The van der Waals surface area contributed by atoms with Crippen molar-refractivity contribution in [1.29, 1.82) is 0 Å². The number of thioether (sulfide) groups is 1. The molecule has 2 amide bonds. The van der Waals surface area contributed by atoms with Gasteiger partial charge in [-0.25, -0.2) is 0 Å². The van der Waals surface area contributed by atoms with Crippen LogP contribution in [0.1, 0.15) is 30.1 Å². The van der Waals surface area contributed by atoms with Crippen molar-refractivity contribution < 1.29 is 19.2 Å². The minimum Gasteiger partial charge on any atom is -0.497 e. The maximum absolute atomic E-state index is 13.1. The average Bonchev–Trinajstić information content (AvgIpc) is 3.47. The van der Waals surface area contributed by atoms with Gasteiger partial charge in [-0.2, -0.15) is 0 Å². The summed E-state index contributed by atoms with van der Waals surface area (Å²) in [6, 6.07) is 23.1. The highest BCUT2D eigenvalue weighted by atomic mass is 32.2. The number of rotatable bonds is 10. The smallest absolute Gasteiger partial charge is 0.270 e. The van der Waals surface area contributed by atoms with Crippen molar-refractivity contribution in [3.8, 4) is 22.8 Å². The highest BCUT2D eigenvalue weighted by molar-refractivity contribution is 7.99. The van der Waals surface area contributed by atoms with Crippen LogP contribution in [0.25, 0.3) is 17.1 Å². The normalized spacial score (nSPS) is 14.9. The fourth-order valence-corrected chi connectivity index (χ4v) is 5.94. The van der Waals surface area contributed by atoms with E-state index in [1.54, 1.807) is 34.7 Å². The van der Waals surface area contributed by atoms with Crippen molar-refractivity contribution >= 4 is 29.3 Å². The molecule has 1 fully saturated rings. The number of hydrogen-bond donors (Lipinski definition) is 0. The van der Waals surface area contributed by atoms with Gasteiger partial charge < -0.3 is 14.5 Å². The molecule has 1 aliphatic heterocycles. The summed E-state index contributed by atoms with van der Waals surface area (Å²) in [5, 5.41) is 20.8. The highest BCUT2D eigenvalue weighted by Crippen LogP contribution is 2.29. The van der Waals surface area contributed by atoms with Crippen molar-refractivity contribution in [3.05, 3.63) is 94.5 Å². The Hall–Kier alpha value is -4.71. The quantitative estimate of drug-likeness (QED) is 0.107. The monoisotopic (exact) mass is 600 g/mol.